The van der Waals surface area contributed by atoms with Gasteiger partial charge in [-0.25, -0.2) is 4.98 Å². The van der Waals surface area contributed by atoms with Crippen molar-refractivity contribution < 1.29 is 4.79 Å². The second kappa shape index (κ2) is 15.3. The number of nitrogens with one attached hydrogen (secondary N) is 2. The zero-order valence-electron chi connectivity index (χ0n) is 24.3. The van der Waals surface area contributed by atoms with Gasteiger partial charge < -0.3 is 20.1 Å². The summed E-state index contributed by atoms with van der Waals surface area (Å²) in [5, 5.41) is 20.2. The predicted octanol–water partition coefficient (Wildman–Crippen LogP) is 7.45. The van der Waals surface area contributed by atoms with Crippen LogP contribution in [0.4, 0.5) is 5.00 Å². The largest absolute Gasteiger partial charge is 0.351 e. The Morgan fingerprint density at radius 2 is 1.98 bits per heavy atom. The molecule has 0 aliphatic carbocycles. The summed E-state index contributed by atoms with van der Waals surface area (Å²) in [7, 11) is 0. The molecule has 2 aromatic carbocycles. The summed E-state index contributed by atoms with van der Waals surface area (Å²) in [6.07, 6.45) is 4.38. The van der Waals surface area contributed by atoms with Gasteiger partial charge in [-0.2, -0.15) is 5.26 Å². The second-order valence-corrected chi connectivity index (χ2v) is 13.0. The number of rotatable bonds is 12. The number of amides is 1. The highest BCUT2D eigenvalue weighted by atomic mass is 35.5. The Bertz CT molecular complexity index is 1590. The SMILES string of the molecule is Cc1csc(NC(=S)N(Cc2cccc(Cl)c2Cl)C[C@H](CC(C)C)NC(=O)Cc2cncn2Cc2ccc(C#N)cc2)c1. The summed E-state index contributed by atoms with van der Waals surface area (Å²) in [4.78, 5) is 19.7. The van der Waals surface area contributed by atoms with Gasteiger partial charge in [0.2, 0.25) is 5.91 Å². The lowest BCUT2D eigenvalue weighted by molar-refractivity contribution is -0.121. The molecule has 1 amide bonds. The predicted molar refractivity (Wildman–Crippen MR) is 180 cm³/mol. The molecular formula is C32H34Cl2N6OS2. The number of carbonyl (C=O) groups is 1. The maximum Gasteiger partial charge on any atom is 0.226 e. The number of imidazole rings is 1. The van der Waals surface area contributed by atoms with Crippen LogP contribution in [0, 0.1) is 24.2 Å². The Hall–Kier alpha value is -3.42. The van der Waals surface area contributed by atoms with Crippen LogP contribution in [0.3, 0.4) is 0 Å². The van der Waals surface area contributed by atoms with E-state index in [1.165, 1.54) is 0 Å². The molecule has 43 heavy (non-hydrogen) atoms. The van der Waals surface area contributed by atoms with Crippen LogP contribution in [0.15, 0.2) is 66.4 Å². The number of hydrogen-bond donors (Lipinski definition) is 2. The van der Waals surface area contributed by atoms with Crippen LogP contribution >= 0.6 is 46.8 Å². The topological polar surface area (TPSA) is 86.0 Å². The van der Waals surface area contributed by atoms with E-state index in [1.807, 2.05) is 40.7 Å². The molecule has 0 saturated carbocycles. The molecule has 0 spiro atoms. The van der Waals surface area contributed by atoms with Crippen LogP contribution in [0.5, 0.6) is 0 Å². The van der Waals surface area contributed by atoms with E-state index in [9.17, 15) is 4.79 Å². The first-order chi connectivity index (χ1) is 20.6. The van der Waals surface area contributed by atoms with Crippen LogP contribution in [0.2, 0.25) is 10.0 Å². The van der Waals surface area contributed by atoms with E-state index < -0.39 is 0 Å². The van der Waals surface area contributed by atoms with Gasteiger partial charge in [-0.3, -0.25) is 4.79 Å². The van der Waals surface area contributed by atoms with Crippen molar-refractivity contribution in [1.82, 2.24) is 19.8 Å². The number of benzene rings is 2. The molecule has 0 unspecified atom stereocenters. The Kier molecular flexibility index (Phi) is 11.6. The van der Waals surface area contributed by atoms with Crippen molar-refractivity contribution >= 4 is 62.8 Å². The highest BCUT2D eigenvalue weighted by molar-refractivity contribution is 7.80. The Balaban J connectivity index is 1.49. The quantitative estimate of drug-likeness (QED) is 0.155. The van der Waals surface area contributed by atoms with E-state index in [-0.39, 0.29) is 18.4 Å². The van der Waals surface area contributed by atoms with Gasteiger partial charge in [0.25, 0.3) is 0 Å². The standard InChI is InChI=1S/C32H34Cl2N6OS2/c1-21(2)11-26(37-29(41)13-27-15-36-20-40(27)16-24-9-7-23(14-35)8-10-24)18-39(17-25-5-4-6-28(33)31(25)34)32(42)38-30-12-22(3)19-43-30/h4-10,12,15,19-21,26H,11,13,16-18H2,1-3H3,(H,37,41)(H,38,42)/t26-/m0/s1. The molecular weight excluding hydrogens is 619 g/mol. The van der Waals surface area contributed by atoms with Gasteiger partial charge in [-0.15, -0.1) is 11.3 Å². The summed E-state index contributed by atoms with van der Waals surface area (Å²) in [6.45, 7) is 7.77. The number of hydrogen-bond acceptors (Lipinski definition) is 5. The first-order valence-electron chi connectivity index (χ1n) is 13.9. The van der Waals surface area contributed by atoms with Gasteiger partial charge in [0.1, 0.15) is 0 Å². The number of nitrogens with zero attached hydrogens (tertiary/aromatic N) is 4. The van der Waals surface area contributed by atoms with Gasteiger partial charge >= 0.3 is 0 Å². The lowest BCUT2D eigenvalue weighted by Crippen LogP contribution is -2.47. The van der Waals surface area contributed by atoms with Crippen molar-refractivity contribution in [2.75, 3.05) is 11.9 Å². The smallest absolute Gasteiger partial charge is 0.226 e. The third-order valence-corrected chi connectivity index (χ3v) is 8.96. The van der Waals surface area contributed by atoms with Crippen molar-refractivity contribution in [3.63, 3.8) is 0 Å². The summed E-state index contributed by atoms with van der Waals surface area (Å²) in [5.41, 5.74) is 4.44. The van der Waals surface area contributed by atoms with E-state index >= 15 is 0 Å². The number of carbonyl (C=O) groups excluding carboxylic acids is 1. The van der Waals surface area contributed by atoms with Crippen molar-refractivity contribution in [3.8, 4) is 6.07 Å². The van der Waals surface area contributed by atoms with Gasteiger partial charge in [-0.1, -0.05) is 61.3 Å². The third kappa shape index (κ3) is 9.54. The molecule has 11 heteroatoms. The molecule has 0 aliphatic heterocycles. The zero-order chi connectivity index (χ0) is 30.9. The van der Waals surface area contributed by atoms with E-state index in [4.69, 9.17) is 40.7 Å². The molecule has 2 N–H and O–H groups in total. The Morgan fingerprint density at radius 3 is 2.65 bits per heavy atom. The first kappa shape index (κ1) is 32.5. The monoisotopic (exact) mass is 652 g/mol. The fourth-order valence-corrected chi connectivity index (χ4v) is 6.24. The van der Waals surface area contributed by atoms with Crippen molar-refractivity contribution in [2.45, 2.75) is 52.7 Å². The van der Waals surface area contributed by atoms with Gasteiger partial charge in [0, 0.05) is 37.6 Å². The van der Waals surface area contributed by atoms with Crippen molar-refractivity contribution in [1.29, 1.82) is 5.26 Å². The maximum absolute atomic E-state index is 13.4. The molecule has 0 bridgehead atoms. The molecule has 4 aromatic rings. The fraction of sp³-hybridized carbons (Fsp3) is 0.312. The van der Waals surface area contributed by atoms with Gasteiger partial charge in [0.15, 0.2) is 5.11 Å². The van der Waals surface area contributed by atoms with Crippen molar-refractivity contribution in [3.05, 3.63) is 104 Å². The highest BCUT2D eigenvalue weighted by Gasteiger charge is 2.22. The lowest BCUT2D eigenvalue weighted by atomic mass is 10.0. The number of aromatic nitrogens is 2. The third-order valence-electron chi connectivity index (χ3n) is 6.78. The molecule has 2 heterocycles. The minimum Gasteiger partial charge on any atom is -0.351 e. The van der Waals surface area contributed by atoms with Crippen LogP contribution in [0.25, 0.3) is 0 Å². The Morgan fingerprint density at radius 1 is 1.21 bits per heavy atom. The van der Waals surface area contributed by atoms with Crippen LogP contribution in [0.1, 0.15) is 48.2 Å². The van der Waals surface area contributed by atoms with E-state index in [1.54, 1.807) is 42.1 Å². The normalized spacial score (nSPS) is 11.7. The zero-order valence-corrected chi connectivity index (χ0v) is 27.5. The first-order valence-corrected chi connectivity index (χ1v) is 16.0. The number of anilines is 1. The molecule has 1 atom stereocenters. The minimum absolute atomic E-state index is 0.0966. The average molecular weight is 654 g/mol. The average Bonchev–Trinajstić information content (AvgIpc) is 3.58. The molecule has 2 aromatic heterocycles. The van der Waals surface area contributed by atoms with E-state index in [2.05, 4.69) is 47.0 Å². The summed E-state index contributed by atoms with van der Waals surface area (Å²) >= 11 is 20.4. The molecule has 4 rings (SSSR count). The van der Waals surface area contributed by atoms with Gasteiger partial charge in [-0.05, 0) is 77.8 Å². The number of nitriles is 1. The second-order valence-electron chi connectivity index (χ2n) is 10.9. The maximum atomic E-state index is 13.4. The van der Waals surface area contributed by atoms with E-state index in [0.29, 0.717) is 46.3 Å². The molecule has 0 radical (unpaired) electrons. The van der Waals surface area contributed by atoms with Crippen LogP contribution in [-0.4, -0.2) is 38.1 Å². The molecule has 7 nitrogen and oxygen atoms in total. The lowest BCUT2D eigenvalue weighted by Gasteiger charge is -2.31. The van der Waals surface area contributed by atoms with Crippen molar-refractivity contribution in [2.24, 2.45) is 5.92 Å². The number of thiophene rings is 1. The van der Waals surface area contributed by atoms with Crippen LogP contribution < -0.4 is 10.6 Å². The highest BCUT2D eigenvalue weighted by Crippen LogP contribution is 2.27. The molecule has 0 saturated heterocycles. The number of halogens is 2. The van der Waals surface area contributed by atoms with Crippen LogP contribution in [-0.2, 0) is 24.3 Å². The summed E-state index contributed by atoms with van der Waals surface area (Å²) < 4.78 is 1.95. The Labute approximate surface area is 272 Å². The molecule has 0 fully saturated rings. The number of thiocarbonyl (C=S) groups is 1. The fourth-order valence-electron chi connectivity index (χ4n) is 4.75. The molecule has 224 valence electrons. The number of aryl methyl sites for hydroxylation is 1. The molecule has 0 aliphatic rings. The summed E-state index contributed by atoms with van der Waals surface area (Å²) in [5.74, 6) is 0.242. The van der Waals surface area contributed by atoms with Gasteiger partial charge in [0.05, 0.1) is 39.4 Å². The minimum atomic E-state index is -0.176. The summed E-state index contributed by atoms with van der Waals surface area (Å²) in [6, 6.07) is 17.0. The van der Waals surface area contributed by atoms with E-state index in [0.717, 1.165) is 33.8 Å².